The molecule has 0 bridgehead atoms. The first kappa shape index (κ1) is 15.8. The van der Waals surface area contributed by atoms with Crippen LogP contribution in [0.3, 0.4) is 0 Å². The fraction of sp³-hybridized carbons (Fsp3) is 0.167. The molecule has 0 saturated carbocycles. The van der Waals surface area contributed by atoms with Crippen molar-refractivity contribution in [1.29, 1.82) is 0 Å². The third-order valence-corrected chi connectivity index (χ3v) is 3.61. The summed E-state index contributed by atoms with van der Waals surface area (Å²) in [7, 11) is 1.53. The molecular weight excluding hydrogens is 311 g/mol. The zero-order valence-corrected chi connectivity index (χ0v) is 12.9. The second kappa shape index (κ2) is 6.60. The van der Waals surface area contributed by atoms with E-state index in [1.807, 2.05) is 0 Å². The highest BCUT2D eigenvalue weighted by Crippen LogP contribution is 2.37. The Morgan fingerprint density at radius 3 is 2.96 bits per heavy atom. The van der Waals surface area contributed by atoms with E-state index in [1.54, 1.807) is 18.3 Å². The van der Waals surface area contributed by atoms with Crippen molar-refractivity contribution in [2.45, 2.75) is 6.42 Å². The van der Waals surface area contributed by atoms with Crippen molar-refractivity contribution >= 4 is 23.2 Å². The van der Waals surface area contributed by atoms with E-state index in [9.17, 15) is 9.18 Å². The predicted octanol–water partition coefficient (Wildman–Crippen LogP) is 2.39. The Balaban J connectivity index is 2.15. The zero-order valence-electron chi connectivity index (χ0n) is 12.9. The van der Waals surface area contributed by atoms with Crippen LogP contribution in [0.4, 0.5) is 10.1 Å². The van der Waals surface area contributed by atoms with Gasteiger partial charge >= 0.3 is 0 Å². The number of carbonyl (C=O) groups excluding carboxylic acids is 1. The van der Waals surface area contributed by atoms with Gasteiger partial charge in [-0.05, 0) is 24.3 Å². The Kier molecular flexibility index (Phi) is 4.36. The molecule has 0 saturated heterocycles. The highest BCUT2D eigenvalue weighted by Gasteiger charge is 2.28. The summed E-state index contributed by atoms with van der Waals surface area (Å²) in [5, 5.41) is 11.5. The summed E-state index contributed by atoms with van der Waals surface area (Å²) in [6.07, 6.45) is 3.52. The molecule has 24 heavy (non-hydrogen) atoms. The van der Waals surface area contributed by atoms with E-state index in [2.05, 4.69) is 22.1 Å². The number of ether oxygens (including phenoxy) is 1. The molecule has 2 aromatic rings. The maximum absolute atomic E-state index is 14.2. The number of nitrogens with one attached hydrogen (secondary N) is 2. The lowest BCUT2D eigenvalue weighted by Crippen LogP contribution is -2.03. The third-order valence-electron chi connectivity index (χ3n) is 3.61. The van der Waals surface area contributed by atoms with Gasteiger partial charge in [0.2, 0.25) is 0 Å². The van der Waals surface area contributed by atoms with Crippen LogP contribution in [-0.2, 0) is 4.79 Å². The molecule has 1 aliphatic heterocycles. The van der Waals surface area contributed by atoms with Crippen molar-refractivity contribution in [3.63, 3.8) is 0 Å². The number of H-pyrrole nitrogens is 1. The summed E-state index contributed by atoms with van der Waals surface area (Å²) in [4.78, 5) is 15.3. The number of hydrogen-bond donors (Lipinski definition) is 3. The lowest BCUT2D eigenvalue weighted by atomic mass is 9.99. The van der Waals surface area contributed by atoms with Crippen LogP contribution in [0.5, 0.6) is 5.75 Å². The molecule has 0 radical (unpaired) electrons. The van der Waals surface area contributed by atoms with Gasteiger partial charge in [-0.3, -0.25) is 4.79 Å². The van der Waals surface area contributed by atoms with Gasteiger partial charge in [-0.15, -0.1) is 0 Å². The van der Waals surface area contributed by atoms with E-state index in [-0.39, 0.29) is 24.5 Å². The second-order valence-electron chi connectivity index (χ2n) is 5.09. The standard InChI is InChI=1S/C18H15FN2O3/c1-24-16-7-8-20-15(16)10-12-17-11(4-2-3-9-22)13(19)5-6-14(17)21-18(12)23/h5-8,10,20,22H,3,9H2,1H3,(H,21,23)/b12-10-. The Morgan fingerprint density at radius 1 is 1.38 bits per heavy atom. The number of benzene rings is 1. The molecule has 3 N–H and O–H groups in total. The number of rotatable bonds is 3. The van der Waals surface area contributed by atoms with E-state index >= 15 is 0 Å². The lowest BCUT2D eigenvalue weighted by Gasteiger charge is -2.04. The zero-order chi connectivity index (χ0) is 17.1. The highest BCUT2D eigenvalue weighted by molar-refractivity contribution is 6.35. The SMILES string of the molecule is COc1cc[nH]c1/C=C1\C(=O)Nc2ccc(F)c(C#CCCO)c21. The van der Waals surface area contributed by atoms with E-state index in [0.29, 0.717) is 28.3 Å². The first-order chi connectivity index (χ1) is 11.7. The number of amides is 1. The minimum absolute atomic E-state index is 0.108. The number of fused-ring (bicyclic) bond motifs is 1. The minimum Gasteiger partial charge on any atom is -0.495 e. The molecule has 5 nitrogen and oxygen atoms in total. The monoisotopic (exact) mass is 326 g/mol. The first-order valence-corrected chi connectivity index (χ1v) is 7.32. The molecule has 1 amide bonds. The molecule has 1 aromatic heterocycles. The Labute approximate surface area is 138 Å². The Morgan fingerprint density at radius 2 is 2.21 bits per heavy atom. The van der Waals surface area contributed by atoms with Gasteiger partial charge in [0, 0.05) is 18.2 Å². The normalized spacial score (nSPS) is 14.1. The highest BCUT2D eigenvalue weighted by atomic mass is 19.1. The quantitative estimate of drug-likeness (QED) is 0.599. The number of aliphatic hydroxyl groups is 1. The lowest BCUT2D eigenvalue weighted by molar-refractivity contribution is -0.110. The molecule has 1 aromatic carbocycles. The molecule has 0 fully saturated rings. The molecular formula is C18H15FN2O3. The summed E-state index contributed by atoms with van der Waals surface area (Å²) >= 11 is 0. The molecule has 6 heteroatoms. The van der Waals surface area contributed by atoms with Gasteiger partial charge in [-0.2, -0.15) is 0 Å². The fourth-order valence-electron chi connectivity index (χ4n) is 2.53. The van der Waals surface area contributed by atoms with E-state index < -0.39 is 5.82 Å². The minimum atomic E-state index is -0.514. The average molecular weight is 326 g/mol. The van der Waals surface area contributed by atoms with Crippen molar-refractivity contribution in [3.05, 3.63) is 47.0 Å². The third kappa shape index (κ3) is 2.77. The number of anilines is 1. The number of aromatic amines is 1. The van der Waals surface area contributed by atoms with Gasteiger partial charge in [0.1, 0.15) is 11.6 Å². The number of carbonyl (C=O) groups is 1. The van der Waals surface area contributed by atoms with E-state index in [0.717, 1.165) is 0 Å². The van der Waals surface area contributed by atoms with Crippen LogP contribution in [0.15, 0.2) is 24.4 Å². The molecule has 0 aliphatic carbocycles. The largest absolute Gasteiger partial charge is 0.495 e. The molecule has 0 unspecified atom stereocenters. The summed E-state index contributed by atoms with van der Waals surface area (Å²) < 4.78 is 19.4. The van der Waals surface area contributed by atoms with Gasteiger partial charge < -0.3 is 20.1 Å². The van der Waals surface area contributed by atoms with Crippen molar-refractivity contribution in [3.8, 4) is 17.6 Å². The van der Waals surface area contributed by atoms with Crippen LogP contribution in [0.25, 0.3) is 11.6 Å². The van der Waals surface area contributed by atoms with Crippen LogP contribution in [0.2, 0.25) is 0 Å². The number of hydrogen-bond acceptors (Lipinski definition) is 3. The molecule has 0 spiro atoms. The number of methoxy groups -OCH3 is 1. The van der Waals surface area contributed by atoms with Gasteiger partial charge in [-0.25, -0.2) is 4.39 Å². The van der Waals surface area contributed by atoms with Gasteiger partial charge in [-0.1, -0.05) is 11.8 Å². The average Bonchev–Trinajstić information content (AvgIpc) is 3.15. The molecule has 2 heterocycles. The topological polar surface area (TPSA) is 74.4 Å². The summed E-state index contributed by atoms with van der Waals surface area (Å²) in [5.74, 6) is 5.14. The van der Waals surface area contributed by atoms with Crippen LogP contribution >= 0.6 is 0 Å². The van der Waals surface area contributed by atoms with E-state index in [4.69, 9.17) is 9.84 Å². The summed E-state index contributed by atoms with van der Waals surface area (Å²) in [6.45, 7) is -0.108. The predicted molar refractivity (Wildman–Crippen MR) is 88.8 cm³/mol. The molecule has 0 atom stereocenters. The first-order valence-electron chi connectivity index (χ1n) is 7.32. The molecule has 122 valence electrons. The van der Waals surface area contributed by atoms with Crippen LogP contribution < -0.4 is 10.1 Å². The van der Waals surface area contributed by atoms with Gasteiger partial charge in [0.05, 0.1) is 36.2 Å². The number of halogens is 1. The maximum atomic E-state index is 14.2. The van der Waals surface area contributed by atoms with Crippen molar-refractivity contribution in [2.24, 2.45) is 0 Å². The molecule has 1 aliphatic rings. The Bertz CT molecular complexity index is 887. The smallest absolute Gasteiger partial charge is 0.256 e. The van der Waals surface area contributed by atoms with Gasteiger partial charge in [0.15, 0.2) is 0 Å². The summed E-state index contributed by atoms with van der Waals surface area (Å²) in [5.41, 5.74) is 1.97. The fourth-order valence-corrected chi connectivity index (χ4v) is 2.53. The number of aromatic nitrogens is 1. The van der Waals surface area contributed by atoms with E-state index in [1.165, 1.54) is 19.2 Å². The van der Waals surface area contributed by atoms with Crippen molar-refractivity contribution in [2.75, 3.05) is 19.0 Å². The Hall–Kier alpha value is -3.04. The van der Waals surface area contributed by atoms with Gasteiger partial charge in [0.25, 0.3) is 5.91 Å². The van der Waals surface area contributed by atoms with Crippen molar-refractivity contribution in [1.82, 2.24) is 4.98 Å². The van der Waals surface area contributed by atoms with Crippen LogP contribution in [0.1, 0.15) is 23.2 Å². The summed E-state index contributed by atoms with van der Waals surface area (Å²) in [6, 6.07) is 4.50. The maximum Gasteiger partial charge on any atom is 0.256 e. The second-order valence-corrected chi connectivity index (χ2v) is 5.09. The molecule has 3 rings (SSSR count). The van der Waals surface area contributed by atoms with Crippen molar-refractivity contribution < 1.29 is 19.0 Å². The number of aliphatic hydroxyl groups excluding tert-OH is 1. The van der Waals surface area contributed by atoms with Crippen LogP contribution in [0, 0.1) is 17.7 Å². The van der Waals surface area contributed by atoms with Crippen LogP contribution in [-0.4, -0.2) is 29.7 Å².